The standard InChI is InChI=1S/C9H7N3O2/c13-12(14)9-3-1-2-7(4-9)8-5-10-11-6-8/h1-6H,(H,10,11). The second-order valence-electron chi connectivity index (χ2n) is 2.79. The Morgan fingerprint density at radius 1 is 1.36 bits per heavy atom. The zero-order valence-electron chi connectivity index (χ0n) is 7.18. The highest BCUT2D eigenvalue weighted by molar-refractivity contribution is 5.64. The number of nitrogens with one attached hydrogen (secondary N) is 1. The third-order valence-electron chi connectivity index (χ3n) is 1.89. The molecule has 1 heterocycles. The zero-order chi connectivity index (χ0) is 9.97. The minimum atomic E-state index is -0.413. The minimum Gasteiger partial charge on any atom is -0.285 e. The molecular formula is C9H7N3O2. The van der Waals surface area contributed by atoms with Crippen molar-refractivity contribution in [3.63, 3.8) is 0 Å². The van der Waals surface area contributed by atoms with Gasteiger partial charge in [0.05, 0.1) is 11.1 Å². The molecule has 70 valence electrons. The van der Waals surface area contributed by atoms with E-state index in [9.17, 15) is 10.1 Å². The lowest BCUT2D eigenvalue weighted by Crippen LogP contribution is -1.87. The summed E-state index contributed by atoms with van der Waals surface area (Å²) in [6.07, 6.45) is 3.32. The van der Waals surface area contributed by atoms with Crippen LogP contribution in [0.5, 0.6) is 0 Å². The van der Waals surface area contributed by atoms with Crippen molar-refractivity contribution in [2.45, 2.75) is 0 Å². The number of nitro groups is 1. The molecule has 1 aromatic heterocycles. The van der Waals surface area contributed by atoms with E-state index in [4.69, 9.17) is 0 Å². The molecule has 0 aliphatic heterocycles. The quantitative estimate of drug-likeness (QED) is 0.580. The Hall–Kier alpha value is -2.17. The van der Waals surface area contributed by atoms with Gasteiger partial charge in [-0.15, -0.1) is 0 Å². The van der Waals surface area contributed by atoms with Crippen LogP contribution in [0.2, 0.25) is 0 Å². The summed E-state index contributed by atoms with van der Waals surface area (Å²) in [4.78, 5) is 10.1. The molecule has 0 atom stereocenters. The number of benzene rings is 1. The lowest BCUT2D eigenvalue weighted by atomic mass is 10.1. The first-order chi connectivity index (χ1) is 6.77. The Balaban J connectivity index is 2.46. The smallest absolute Gasteiger partial charge is 0.270 e. The molecule has 0 aliphatic rings. The third-order valence-corrected chi connectivity index (χ3v) is 1.89. The van der Waals surface area contributed by atoms with Crippen molar-refractivity contribution in [1.29, 1.82) is 0 Å². The Morgan fingerprint density at radius 2 is 2.21 bits per heavy atom. The average molecular weight is 189 g/mol. The van der Waals surface area contributed by atoms with Gasteiger partial charge < -0.3 is 0 Å². The Labute approximate surface area is 79.5 Å². The summed E-state index contributed by atoms with van der Waals surface area (Å²) in [6, 6.07) is 6.44. The van der Waals surface area contributed by atoms with E-state index in [1.165, 1.54) is 12.1 Å². The Kier molecular flexibility index (Phi) is 1.98. The molecule has 0 saturated carbocycles. The van der Waals surface area contributed by atoms with E-state index in [2.05, 4.69) is 10.2 Å². The molecule has 14 heavy (non-hydrogen) atoms. The van der Waals surface area contributed by atoms with Crippen LogP contribution >= 0.6 is 0 Å². The highest BCUT2D eigenvalue weighted by Gasteiger charge is 2.06. The molecule has 0 amide bonds. The molecule has 0 bridgehead atoms. The van der Waals surface area contributed by atoms with E-state index in [1.54, 1.807) is 24.5 Å². The van der Waals surface area contributed by atoms with Crippen LogP contribution in [0.25, 0.3) is 11.1 Å². The summed E-state index contributed by atoms with van der Waals surface area (Å²) in [5.74, 6) is 0. The van der Waals surface area contributed by atoms with Crippen molar-refractivity contribution in [3.05, 3.63) is 46.8 Å². The van der Waals surface area contributed by atoms with Crippen LogP contribution in [0, 0.1) is 10.1 Å². The SMILES string of the molecule is O=[N+]([O-])c1cccc(-c2cn[nH]c2)c1. The number of aromatic amines is 1. The van der Waals surface area contributed by atoms with Gasteiger partial charge in [-0.25, -0.2) is 0 Å². The number of hydrogen-bond acceptors (Lipinski definition) is 3. The lowest BCUT2D eigenvalue weighted by molar-refractivity contribution is -0.384. The van der Waals surface area contributed by atoms with Crippen molar-refractivity contribution >= 4 is 5.69 Å². The summed E-state index contributed by atoms with van der Waals surface area (Å²) >= 11 is 0. The fraction of sp³-hybridized carbons (Fsp3) is 0. The van der Waals surface area contributed by atoms with Crippen molar-refractivity contribution < 1.29 is 4.92 Å². The monoisotopic (exact) mass is 189 g/mol. The van der Waals surface area contributed by atoms with Crippen LogP contribution in [0.3, 0.4) is 0 Å². The number of H-pyrrole nitrogens is 1. The predicted molar refractivity (Wildman–Crippen MR) is 50.7 cm³/mol. The van der Waals surface area contributed by atoms with Gasteiger partial charge in [0.25, 0.3) is 5.69 Å². The second kappa shape index (κ2) is 3.29. The highest BCUT2D eigenvalue weighted by atomic mass is 16.6. The average Bonchev–Trinajstić information content (AvgIpc) is 2.71. The van der Waals surface area contributed by atoms with Gasteiger partial charge in [0.15, 0.2) is 0 Å². The van der Waals surface area contributed by atoms with Gasteiger partial charge in [-0.2, -0.15) is 5.10 Å². The van der Waals surface area contributed by atoms with Gasteiger partial charge >= 0.3 is 0 Å². The predicted octanol–water partition coefficient (Wildman–Crippen LogP) is 1.98. The van der Waals surface area contributed by atoms with Crippen molar-refractivity contribution in [2.24, 2.45) is 0 Å². The van der Waals surface area contributed by atoms with Gasteiger partial charge in [0, 0.05) is 23.9 Å². The largest absolute Gasteiger partial charge is 0.285 e. The topological polar surface area (TPSA) is 71.8 Å². The summed E-state index contributed by atoms with van der Waals surface area (Å²) in [6.45, 7) is 0. The second-order valence-corrected chi connectivity index (χ2v) is 2.79. The molecular weight excluding hydrogens is 182 g/mol. The zero-order valence-corrected chi connectivity index (χ0v) is 7.18. The maximum absolute atomic E-state index is 10.5. The van der Waals surface area contributed by atoms with Crippen LogP contribution in [-0.2, 0) is 0 Å². The van der Waals surface area contributed by atoms with Crippen molar-refractivity contribution in [1.82, 2.24) is 10.2 Å². The van der Waals surface area contributed by atoms with Crippen LogP contribution < -0.4 is 0 Å². The molecule has 0 fully saturated rings. The van der Waals surface area contributed by atoms with Gasteiger partial charge in [-0.1, -0.05) is 12.1 Å². The summed E-state index contributed by atoms with van der Waals surface area (Å²) < 4.78 is 0. The summed E-state index contributed by atoms with van der Waals surface area (Å²) in [5.41, 5.74) is 1.71. The van der Waals surface area contributed by atoms with E-state index in [0.29, 0.717) is 0 Å². The van der Waals surface area contributed by atoms with Crippen LogP contribution in [0.4, 0.5) is 5.69 Å². The van der Waals surface area contributed by atoms with Crippen molar-refractivity contribution in [3.8, 4) is 11.1 Å². The van der Waals surface area contributed by atoms with Crippen LogP contribution in [0.15, 0.2) is 36.7 Å². The van der Waals surface area contributed by atoms with Crippen LogP contribution in [-0.4, -0.2) is 15.1 Å². The molecule has 5 nitrogen and oxygen atoms in total. The lowest BCUT2D eigenvalue weighted by Gasteiger charge is -1.95. The molecule has 5 heteroatoms. The molecule has 2 rings (SSSR count). The van der Waals surface area contributed by atoms with Crippen LogP contribution in [0.1, 0.15) is 0 Å². The summed E-state index contributed by atoms with van der Waals surface area (Å²) in [5, 5.41) is 16.9. The number of aromatic nitrogens is 2. The molecule has 1 N–H and O–H groups in total. The van der Waals surface area contributed by atoms with E-state index < -0.39 is 4.92 Å². The summed E-state index contributed by atoms with van der Waals surface area (Å²) in [7, 11) is 0. The van der Waals surface area contributed by atoms with Crippen molar-refractivity contribution in [2.75, 3.05) is 0 Å². The maximum atomic E-state index is 10.5. The molecule has 0 spiro atoms. The Bertz CT molecular complexity index is 451. The molecule has 0 unspecified atom stereocenters. The fourth-order valence-electron chi connectivity index (χ4n) is 1.21. The van der Waals surface area contributed by atoms with E-state index >= 15 is 0 Å². The first-order valence-corrected chi connectivity index (χ1v) is 4.01. The van der Waals surface area contributed by atoms with Gasteiger partial charge in [0.1, 0.15) is 0 Å². The van der Waals surface area contributed by atoms with Gasteiger partial charge in [-0.3, -0.25) is 15.2 Å². The molecule has 0 aliphatic carbocycles. The minimum absolute atomic E-state index is 0.0868. The first kappa shape index (κ1) is 8.43. The van der Waals surface area contributed by atoms with Gasteiger partial charge in [0.2, 0.25) is 0 Å². The van der Waals surface area contributed by atoms with E-state index in [0.717, 1.165) is 11.1 Å². The Morgan fingerprint density at radius 3 is 2.86 bits per heavy atom. The van der Waals surface area contributed by atoms with Gasteiger partial charge in [-0.05, 0) is 5.56 Å². The normalized spacial score (nSPS) is 10.0. The third kappa shape index (κ3) is 1.47. The number of nitrogens with zero attached hydrogens (tertiary/aromatic N) is 2. The first-order valence-electron chi connectivity index (χ1n) is 4.01. The number of rotatable bonds is 2. The molecule has 0 radical (unpaired) electrons. The molecule has 1 aromatic carbocycles. The van der Waals surface area contributed by atoms with E-state index in [-0.39, 0.29) is 5.69 Å². The van der Waals surface area contributed by atoms with E-state index in [1.807, 2.05) is 0 Å². The molecule has 2 aromatic rings. The fourth-order valence-corrected chi connectivity index (χ4v) is 1.21. The molecule has 0 saturated heterocycles. The highest BCUT2D eigenvalue weighted by Crippen LogP contribution is 2.22. The number of hydrogen-bond donors (Lipinski definition) is 1. The number of non-ortho nitro benzene ring substituents is 1. The maximum Gasteiger partial charge on any atom is 0.270 e. The number of nitro benzene ring substituents is 1.